The average molecular weight is 464 g/mol. The van der Waals surface area contributed by atoms with Crippen LogP contribution in [0.5, 0.6) is 0 Å². The van der Waals surface area contributed by atoms with Gasteiger partial charge in [-0.1, -0.05) is 12.1 Å². The lowest BCUT2D eigenvalue weighted by atomic mass is 10.0. The third-order valence-corrected chi connectivity index (χ3v) is 5.97. The molecular formula is C27H22FN7. The molecule has 35 heavy (non-hydrogen) atoms. The molecule has 0 saturated carbocycles. The van der Waals surface area contributed by atoms with Crippen LogP contribution in [0.2, 0.25) is 0 Å². The maximum Gasteiger partial charge on any atom is 0.155 e. The van der Waals surface area contributed by atoms with Crippen LogP contribution in [0.15, 0.2) is 73.3 Å². The van der Waals surface area contributed by atoms with E-state index in [-0.39, 0.29) is 5.82 Å². The first-order valence-corrected chi connectivity index (χ1v) is 11.2. The summed E-state index contributed by atoms with van der Waals surface area (Å²) in [5, 5.41) is 9.35. The van der Waals surface area contributed by atoms with Crippen molar-refractivity contribution in [1.82, 2.24) is 35.0 Å². The minimum atomic E-state index is -0.274. The average Bonchev–Trinajstić information content (AvgIpc) is 3.47. The molecule has 0 radical (unpaired) electrons. The zero-order chi connectivity index (χ0) is 23.9. The number of hydrogen-bond donors (Lipinski definition) is 2. The van der Waals surface area contributed by atoms with Crippen molar-refractivity contribution in [3.8, 4) is 33.6 Å². The Balaban J connectivity index is 1.45. The Morgan fingerprint density at radius 3 is 2.60 bits per heavy atom. The van der Waals surface area contributed by atoms with E-state index in [0.717, 1.165) is 56.5 Å². The molecule has 0 aliphatic heterocycles. The third kappa shape index (κ3) is 3.94. The van der Waals surface area contributed by atoms with Gasteiger partial charge in [0, 0.05) is 53.2 Å². The van der Waals surface area contributed by atoms with Gasteiger partial charge in [-0.05, 0) is 67.2 Å². The van der Waals surface area contributed by atoms with Crippen LogP contribution in [0.25, 0.3) is 55.7 Å². The normalized spacial score (nSPS) is 11.7. The number of aromatic nitrogens is 6. The van der Waals surface area contributed by atoms with Gasteiger partial charge in [0.1, 0.15) is 17.2 Å². The van der Waals surface area contributed by atoms with Crippen molar-refractivity contribution in [2.75, 3.05) is 14.1 Å². The molecule has 0 bridgehead atoms. The van der Waals surface area contributed by atoms with E-state index < -0.39 is 0 Å². The Bertz CT molecular complexity index is 1680. The summed E-state index contributed by atoms with van der Waals surface area (Å²) >= 11 is 0. The number of fused-ring (bicyclic) bond motifs is 2. The topological polar surface area (TPSA) is 86.4 Å². The quantitative estimate of drug-likeness (QED) is 0.356. The van der Waals surface area contributed by atoms with Gasteiger partial charge >= 0.3 is 0 Å². The molecule has 0 atom stereocenters. The molecule has 0 aliphatic carbocycles. The summed E-state index contributed by atoms with van der Waals surface area (Å²) in [4.78, 5) is 19.0. The lowest BCUT2D eigenvalue weighted by Gasteiger charge is -2.10. The van der Waals surface area contributed by atoms with Crippen LogP contribution in [0.1, 0.15) is 5.56 Å². The second kappa shape index (κ2) is 8.41. The Kier molecular flexibility index (Phi) is 5.08. The van der Waals surface area contributed by atoms with Gasteiger partial charge in [-0.15, -0.1) is 0 Å². The maximum absolute atomic E-state index is 13.9. The number of benzene rings is 1. The maximum atomic E-state index is 13.9. The van der Waals surface area contributed by atoms with E-state index in [1.54, 1.807) is 12.3 Å². The molecule has 2 N–H and O–H groups in total. The standard InChI is InChI=1S/C27H22FN7/c1-35(2)15-16-8-18(13-29-12-16)19-10-23-25(33-34-27(23)31-14-19)24-11-22-21(6-7-30-26(22)32-24)17-4-3-5-20(28)9-17/h3-14H,15H2,1-2H3,(H,30,32)(H,31,33,34). The highest BCUT2D eigenvalue weighted by Crippen LogP contribution is 2.34. The van der Waals surface area contributed by atoms with Gasteiger partial charge in [0.05, 0.1) is 5.69 Å². The molecule has 8 heteroatoms. The number of halogens is 1. The zero-order valence-electron chi connectivity index (χ0n) is 19.2. The first-order valence-electron chi connectivity index (χ1n) is 11.2. The lowest BCUT2D eigenvalue weighted by molar-refractivity contribution is 0.402. The number of nitrogens with zero attached hydrogens (tertiary/aromatic N) is 5. The van der Waals surface area contributed by atoms with E-state index >= 15 is 0 Å². The smallest absolute Gasteiger partial charge is 0.155 e. The summed E-state index contributed by atoms with van der Waals surface area (Å²) in [5.74, 6) is -0.274. The molecule has 1 aromatic carbocycles. The van der Waals surface area contributed by atoms with Crippen molar-refractivity contribution < 1.29 is 4.39 Å². The van der Waals surface area contributed by atoms with Crippen molar-refractivity contribution in [1.29, 1.82) is 0 Å². The van der Waals surface area contributed by atoms with Gasteiger partial charge in [-0.2, -0.15) is 5.10 Å². The van der Waals surface area contributed by atoms with Crippen molar-refractivity contribution in [2.24, 2.45) is 0 Å². The summed E-state index contributed by atoms with van der Waals surface area (Å²) < 4.78 is 13.9. The molecule has 5 aromatic heterocycles. The van der Waals surface area contributed by atoms with Gasteiger partial charge in [-0.3, -0.25) is 10.1 Å². The molecule has 7 nitrogen and oxygen atoms in total. The number of hydrogen-bond acceptors (Lipinski definition) is 5. The van der Waals surface area contributed by atoms with Gasteiger partial charge in [0.15, 0.2) is 5.65 Å². The second-order valence-electron chi connectivity index (χ2n) is 8.83. The predicted molar refractivity (Wildman–Crippen MR) is 135 cm³/mol. The van der Waals surface area contributed by atoms with E-state index in [9.17, 15) is 4.39 Å². The number of rotatable bonds is 5. The van der Waals surface area contributed by atoms with Crippen LogP contribution < -0.4 is 0 Å². The van der Waals surface area contributed by atoms with E-state index in [2.05, 4.69) is 47.2 Å². The fourth-order valence-corrected chi connectivity index (χ4v) is 4.43. The Morgan fingerprint density at radius 1 is 0.857 bits per heavy atom. The number of aromatic amines is 2. The van der Waals surface area contributed by atoms with Gasteiger partial charge in [-0.25, -0.2) is 14.4 Å². The van der Waals surface area contributed by atoms with Crippen LogP contribution in [-0.2, 0) is 6.54 Å². The Labute approximate surface area is 200 Å². The number of pyridine rings is 3. The third-order valence-electron chi connectivity index (χ3n) is 5.97. The van der Waals surface area contributed by atoms with Gasteiger partial charge in [0.2, 0.25) is 0 Å². The van der Waals surface area contributed by atoms with Crippen molar-refractivity contribution >= 4 is 22.1 Å². The van der Waals surface area contributed by atoms with Crippen LogP contribution in [0.4, 0.5) is 4.39 Å². The fraction of sp³-hybridized carbons (Fsp3) is 0.111. The van der Waals surface area contributed by atoms with E-state index in [1.165, 1.54) is 12.1 Å². The van der Waals surface area contributed by atoms with Crippen LogP contribution in [-0.4, -0.2) is 49.1 Å². The molecule has 0 amide bonds. The minimum absolute atomic E-state index is 0.274. The summed E-state index contributed by atoms with van der Waals surface area (Å²) in [5.41, 5.74) is 7.74. The molecule has 0 spiro atoms. The Morgan fingerprint density at radius 2 is 1.74 bits per heavy atom. The van der Waals surface area contributed by atoms with E-state index in [1.807, 2.05) is 50.9 Å². The highest BCUT2D eigenvalue weighted by atomic mass is 19.1. The molecule has 0 saturated heterocycles. The predicted octanol–water partition coefficient (Wildman–Crippen LogP) is 5.43. The first kappa shape index (κ1) is 21.1. The van der Waals surface area contributed by atoms with E-state index in [4.69, 9.17) is 0 Å². The summed E-state index contributed by atoms with van der Waals surface area (Å²) in [6, 6.07) is 14.7. The monoisotopic (exact) mass is 463 g/mol. The van der Waals surface area contributed by atoms with Crippen molar-refractivity contribution in [3.63, 3.8) is 0 Å². The molecular weight excluding hydrogens is 441 g/mol. The lowest BCUT2D eigenvalue weighted by Crippen LogP contribution is -2.10. The van der Waals surface area contributed by atoms with Crippen molar-refractivity contribution in [2.45, 2.75) is 6.54 Å². The largest absolute Gasteiger partial charge is 0.338 e. The minimum Gasteiger partial charge on any atom is -0.338 e. The molecule has 6 aromatic rings. The summed E-state index contributed by atoms with van der Waals surface area (Å²) in [6.07, 6.45) is 7.28. The van der Waals surface area contributed by atoms with Gasteiger partial charge in [0.25, 0.3) is 0 Å². The summed E-state index contributed by atoms with van der Waals surface area (Å²) in [6.45, 7) is 0.809. The highest BCUT2D eigenvalue weighted by Gasteiger charge is 2.16. The molecule has 5 heterocycles. The second-order valence-corrected chi connectivity index (χ2v) is 8.83. The van der Waals surface area contributed by atoms with Crippen LogP contribution in [0.3, 0.4) is 0 Å². The molecule has 0 fully saturated rings. The van der Waals surface area contributed by atoms with Crippen molar-refractivity contribution in [3.05, 3.63) is 84.7 Å². The zero-order valence-corrected chi connectivity index (χ0v) is 19.2. The molecule has 172 valence electrons. The fourth-order valence-electron chi connectivity index (χ4n) is 4.43. The summed E-state index contributed by atoms with van der Waals surface area (Å²) in [7, 11) is 4.07. The first-order chi connectivity index (χ1) is 17.0. The van der Waals surface area contributed by atoms with Gasteiger partial charge < -0.3 is 9.88 Å². The SMILES string of the molecule is CN(C)Cc1cncc(-c2cnc3[nH]nc(-c4cc5c(-c6cccc(F)c6)ccnc5[nH]4)c3c2)c1. The molecule has 6 rings (SSSR count). The van der Waals surface area contributed by atoms with E-state index in [0.29, 0.717) is 11.3 Å². The van der Waals surface area contributed by atoms with Crippen LogP contribution in [0, 0.1) is 5.82 Å². The number of H-pyrrole nitrogens is 2. The highest BCUT2D eigenvalue weighted by molar-refractivity contribution is 5.99. The Hall–Kier alpha value is -4.43. The van der Waals surface area contributed by atoms with Crippen LogP contribution >= 0.6 is 0 Å². The molecule has 0 aliphatic rings. The number of nitrogens with one attached hydrogen (secondary N) is 2. The molecule has 0 unspecified atom stereocenters.